The molecule has 1 aliphatic carbocycles. The minimum Gasteiger partial charge on any atom is -0.489 e. The molecule has 0 spiro atoms. The van der Waals surface area contributed by atoms with Gasteiger partial charge in [0.1, 0.15) is 41.4 Å². The molecule has 368 valence electrons. The van der Waals surface area contributed by atoms with E-state index >= 15 is 0 Å². The van der Waals surface area contributed by atoms with Crippen LogP contribution in [0.4, 0.5) is 28.7 Å². The first-order chi connectivity index (χ1) is 34.2. The third-order valence-electron chi connectivity index (χ3n) is 16.1. The lowest BCUT2D eigenvalue weighted by Crippen LogP contribution is -2.59. The number of ether oxygens (including phenoxy) is 1. The minimum atomic E-state index is -0.655. The Hall–Kier alpha value is -7.05. The summed E-state index contributed by atoms with van der Waals surface area (Å²) in [6, 6.07) is 13.6. The van der Waals surface area contributed by atoms with Gasteiger partial charge in [0.05, 0.1) is 30.2 Å². The third kappa shape index (κ3) is 7.73. The fourth-order valence-corrected chi connectivity index (χ4v) is 12.6. The molecule has 1 aromatic carbocycles. The maximum Gasteiger partial charge on any atom is 0.276 e. The van der Waals surface area contributed by atoms with Crippen molar-refractivity contribution in [2.45, 2.75) is 103 Å². The number of anilines is 5. The first kappa shape index (κ1) is 45.1. The average molecular weight is 962 g/mol. The van der Waals surface area contributed by atoms with Crippen molar-refractivity contribution in [2.24, 2.45) is 12.5 Å². The summed E-state index contributed by atoms with van der Waals surface area (Å²) in [6.45, 7) is 11.9. The van der Waals surface area contributed by atoms with Crippen LogP contribution in [0.25, 0.3) is 11.1 Å². The monoisotopic (exact) mass is 961 g/mol. The van der Waals surface area contributed by atoms with E-state index in [0.717, 1.165) is 68.8 Å². The zero-order chi connectivity index (χ0) is 49.0. The molecule has 4 amide bonds. The molecule has 71 heavy (non-hydrogen) atoms. The number of piperidine rings is 2. The van der Waals surface area contributed by atoms with E-state index in [2.05, 4.69) is 61.7 Å². The zero-order valence-corrected chi connectivity index (χ0v) is 40.6. The van der Waals surface area contributed by atoms with E-state index in [0.29, 0.717) is 89.7 Å². The number of hydrogen-bond donors (Lipinski definition) is 3. The lowest BCUT2D eigenvalue weighted by molar-refractivity contribution is -0.136. The molecular formula is C53H59N11O7. The molecule has 3 saturated heterocycles. The molecule has 5 aromatic rings. The number of aromatic nitrogens is 4. The zero-order valence-electron chi connectivity index (χ0n) is 40.6. The summed E-state index contributed by atoms with van der Waals surface area (Å²) < 4.78 is 10.0. The largest absolute Gasteiger partial charge is 0.489 e. The van der Waals surface area contributed by atoms with Crippen LogP contribution >= 0.6 is 0 Å². The number of fused-ring (bicyclic) bond motifs is 7. The van der Waals surface area contributed by atoms with Gasteiger partial charge in [-0.1, -0.05) is 13.8 Å². The van der Waals surface area contributed by atoms with E-state index < -0.39 is 11.9 Å². The van der Waals surface area contributed by atoms with E-state index in [1.165, 1.54) is 15.8 Å². The van der Waals surface area contributed by atoms with Crippen molar-refractivity contribution >= 4 is 52.3 Å². The molecule has 3 fully saturated rings. The van der Waals surface area contributed by atoms with Crippen molar-refractivity contribution in [1.82, 2.24) is 34.2 Å². The quantitative estimate of drug-likeness (QED) is 0.186. The average Bonchev–Trinajstić information content (AvgIpc) is 3.98. The number of aryl methyl sites for hydroxylation is 1. The first-order valence-electron chi connectivity index (χ1n) is 25.0. The number of aliphatic hydroxyl groups excluding tert-OH is 1. The number of nitrogens with zero attached hydrogens (tertiary/aromatic N) is 9. The molecule has 4 aromatic heterocycles. The molecule has 12 rings (SSSR count). The van der Waals surface area contributed by atoms with Gasteiger partial charge in [-0.3, -0.25) is 39.1 Å². The Morgan fingerprint density at radius 1 is 0.873 bits per heavy atom. The normalized spacial score (nSPS) is 23.7. The topological polar surface area (TPSA) is 191 Å². The van der Waals surface area contributed by atoms with Gasteiger partial charge in [-0.05, 0) is 104 Å². The number of hydrogen-bond acceptors (Lipinski definition) is 13. The highest BCUT2D eigenvalue weighted by atomic mass is 16.5. The van der Waals surface area contributed by atoms with Crippen molar-refractivity contribution in [3.8, 4) is 16.9 Å². The molecule has 1 unspecified atom stereocenters. The van der Waals surface area contributed by atoms with Crippen molar-refractivity contribution in [3.63, 3.8) is 0 Å². The standard InChI is InChI=1S/C53H59N11O7/c1-30-25-59(34-10-12-61-36(20-34)29-71-45-21-38-33(19-42(45)61)27-64(50(38)68)41-6-8-47(66)57-49(41)67)13-14-60(30)35-5-7-46(55-24-35)56-40-17-32(26-58(4)51(40)69)37-9-11-54-48(39(37)28-65)63-16-15-62-43(52(63)70)18-31-22-53(2,3)23-44(31)62/h5,7,9,11,17-19,21,24,26,30,34,36,41,65H,6,8,10,12-16,20,22-23,25,27-29H2,1-4H3,(H,55,56)(H,57,66,67)/t30-,34+,36+,41?/m0/s1. The van der Waals surface area contributed by atoms with Gasteiger partial charge in [0.15, 0.2) is 0 Å². The van der Waals surface area contributed by atoms with Gasteiger partial charge in [0.2, 0.25) is 11.8 Å². The molecule has 7 aliphatic rings. The smallest absolute Gasteiger partial charge is 0.276 e. The summed E-state index contributed by atoms with van der Waals surface area (Å²) in [4.78, 5) is 85.6. The number of nitrogens with one attached hydrogen (secondary N) is 2. The molecule has 0 bridgehead atoms. The van der Waals surface area contributed by atoms with Crippen molar-refractivity contribution in [1.29, 1.82) is 0 Å². The number of aliphatic hydroxyl groups is 1. The number of amides is 4. The van der Waals surface area contributed by atoms with Gasteiger partial charge in [-0.15, -0.1) is 0 Å². The predicted molar refractivity (Wildman–Crippen MR) is 266 cm³/mol. The number of carbonyl (C=O) groups excluding carboxylic acids is 4. The molecule has 3 N–H and O–H groups in total. The van der Waals surface area contributed by atoms with Crippen LogP contribution in [-0.2, 0) is 49.2 Å². The van der Waals surface area contributed by atoms with Gasteiger partial charge < -0.3 is 39.0 Å². The summed E-state index contributed by atoms with van der Waals surface area (Å²) in [7, 11) is 1.69. The number of pyridine rings is 3. The van der Waals surface area contributed by atoms with Crippen LogP contribution in [0, 0.1) is 5.41 Å². The van der Waals surface area contributed by atoms with E-state index in [1.54, 1.807) is 35.3 Å². The SMILES string of the molecule is C[C@H]1CN([C@@H]2CCN3c4cc5c(cc4OC[C@H]3C2)C(=O)N(C2CCC(=O)NC2=O)C5)CCN1c1ccc(Nc2cc(-c3ccnc(N4CCn5c(cc6c5CC(C)(C)C6)C4=O)c3CO)cn(C)c2=O)nc1. The second-order valence-electron chi connectivity index (χ2n) is 21.3. The number of carbonyl (C=O) groups is 4. The molecule has 0 radical (unpaired) electrons. The van der Waals surface area contributed by atoms with Crippen LogP contribution in [0.5, 0.6) is 5.75 Å². The van der Waals surface area contributed by atoms with E-state index in [-0.39, 0.29) is 53.8 Å². The van der Waals surface area contributed by atoms with Gasteiger partial charge in [0.25, 0.3) is 17.4 Å². The number of piperazine rings is 1. The minimum absolute atomic E-state index is 0.131. The molecule has 18 nitrogen and oxygen atoms in total. The van der Waals surface area contributed by atoms with Crippen LogP contribution in [-0.4, -0.2) is 121 Å². The van der Waals surface area contributed by atoms with E-state index in [1.807, 2.05) is 36.5 Å². The molecule has 0 saturated carbocycles. The van der Waals surface area contributed by atoms with Crippen molar-refractivity contribution in [3.05, 3.63) is 105 Å². The predicted octanol–water partition coefficient (Wildman–Crippen LogP) is 4.37. The number of benzene rings is 1. The van der Waals surface area contributed by atoms with Gasteiger partial charge in [0, 0.05) is 106 Å². The fourth-order valence-electron chi connectivity index (χ4n) is 12.6. The maximum atomic E-state index is 14.0. The molecule has 18 heteroatoms. The lowest BCUT2D eigenvalue weighted by Gasteiger charge is -2.50. The van der Waals surface area contributed by atoms with E-state index in [4.69, 9.17) is 9.72 Å². The second-order valence-corrected chi connectivity index (χ2v) is 21.3. The Kier molecular flexibility index (Phi) is 10.8. The van der Waals surface area contributed by atoms with Crippen LogP contribution in [0.3, 0.4) is 0 Å². The van der Waals surface area contributed by atoms with Crippen LogP contribution < -0.4 is 35.6 Å². The van der Waals surface area contributed by atoms with Crippen molar-refractivity contribution in [2.75, 3.05) is 59.3 Å². The molecular weight excluding hydrogens is 903 g/mol. The highest BCUT2D eigenvalue weighted by Crippen LogP contribution is 2.44. The van der Waals surface area contributed by atoms with E-state index in [9.17, 15) is 29.1 Å². The maximum absolute atomic E-state index is 14.0. The number of imide groups is 1. The third-order valence-corrected chi connectivity index (χ3v) is 16.1. The Morgan fingerprint density at radius 3 is 2.52 bits per heavy atom. The fraction of sp³-hybridized carbons (Fsp3) is 0.453. The summed E-state index contributed by atoms with van der Waals surface area (Å²) in [6.07, 6.45) is 9.64. The van der Waals surface area contributed by atoms with Crippen LogP contribution in [0.2, 0.25) is 0 Å². The van der Waals surface area contributed by atoms with Gasteiger partial charge in [-0.2, -0.15) is 0 Å². The Balaban J connectivity index is 0.690. The molecule has 6 aliphatic heterocycles. The highest BCUT2D eigenvalue weighted by molar-refractivity contribution is 6.07. The second kappa shape index (κ2) is 17.1. The Labute approximate surface area is 411 Å². The first-order valence-corrected chi connectivity index (χ1v) is 25.0. The van der Waals surface area contributed by atoms with Crippen LogP contribution in [0.1, 0.15) is 89.7 Å². The lowest BCUT2D eigenvalue weighted by atomic mass is 9.90. The summed E-state index contributed by atoms with van der Waals surface area (Å²) >= 11 is 0. The Morgan fingerprint density at radius 2 is 1.73 bits per heavy atom. The summed E-state index contributed by atoms with van der Waals surface area (Å²) in [5, 5.41) is 16.5. The van der Waals surface area contributed by atoms with Gasteiger partial charge >= 0.3 is 0 Å². The van der Waals surface area contributed by atoms with Crippen LogP contribution in [0.15, 0.2) is 65.8 Å². The highest BCUT2D eigenvalue weighted by Gasteiger charge is 2.43. The summed E-state index contributed by atoms with van der Waals surface area (Å²) in [5.41, 5.74) is 8.75. The van der Waals surface area contributed by atoms with Crippen molar-refractivity contribution < 1.29 is 29.0 Å². The Bertz CT molecular complexity index is 3110. The molecule has 4 atom stereocenters. The number of rotatable bonds is 8. The molecule has 10 heterocycles. The summed E-state index contributed by atoms with van der Waals surface area (Å²) in [5.74, 6) is 0.608. The van der Waals surface area contributed by atoms with Gasteiger partial charge in [-0.25, -0.2) is 9.97 Å².